The van der Waals surface area contributed by atoms with Crippen LogP contribution in [-0.2, 0) is 4.79 Å². The van der Waals surface area contributed by atoms with Crippen LogP contribution < -0.4 is 0 Å². The average molecular weight is 192 g/mol. The largest absolute Gasteiger partial charge is 0.303 e. The smallest absolute Gasteiger partial charge is 0.120 e. The van der Waals surface area contributed by atoms with Crippen LogP contribution in [0.4, 0.5) is 0 Å². The van der Waals surface area contributed by atoms with Crippen LogP contribution in [0.25, 0.3) is 0 Å². The van der Waals surface area contributed by atoms with Crippen LogP contribution in [0.1, 0.15) is 40.0 Å². The Morgan fingerprint density at radius 1 is 1.71 bits per heavy atom. The van der Waals surface area contributed by atoms with Crippen molar-refractivity contribution in [3.63, 3.8) is 0 Å². The van der Waals surface area contributed by atoms with Gasteiger partial charge in [0.15, 0.2) is 0 Å². The van der Waals surface area contributed by atoms with Gasteiger partial charge in [-0.1, -0.05) is 37.6 Å². The third-order valence-electron chi connectivity index (χ3n) is 3.62. The topological polar surface area (TPSA) is 17.1 Å². The maximum atomic E-state index is 10.3. The molecule has 0 bridgehead atoms. The molecule has 0 aliphatic heterocycles. The second kappa shape index (κ2) is 4.12. The van der Waals surface area contributed by atoms with Crippen molar-refractivity contribution >= 4 is 6.29 Å². The van der Waals surface area contributed by atoms with Gasteiger partial charge in [-0.25, -0.2) is 0 Å². The molecule has 1 aliphatic rings. The molecule has 0 aromatic rings. The summed E-state index contributed by atoms with van der Waals surface area (Å²) in [5, 5.41) is 0. The number of allylic oxidation sites excluding steroid dienone is 3. The van der Waals surface area contributed by atoms with Gasteiger partial charge in [0, 0.05) is 6.42 Å². The average Bonchev–Trinajstić information content (AvgIpc) is 2.38. The molecule has 0 fully saturated rings. The molecule has 78 valence electrons. The van der Waals surface area contributed by atoms with Gasteiger partial charge in [-0.15, -0.1) is 0 Å². The van der Waals surface area contributed by atoms with Crippen LogP contribution in [0, 0.1) is 11.3 Å². The zero-order valence-electron chi connectivity index (χ0n) is 9.47. The minimum Gasteiger partial charge on any atom is -0.303 e. The molecule has 0 N–H and O–H groups in total. The summed E-state index contributed by atoms with van der Waals surface area (Å²) in [5.41, 5.74) is 2.92. The van der Waals surface area contributed by atoms with E-state index < -0.39 is 0 Å². The van der Waals surface area contributed by atoms with Gasteiger partial charge in [0.1, 0.15) is 6.29 Å². The molecule has 1 rings (SSSR count). The lowest BCUT2D eigenvalue weighted by atomic mass is 9.73. The number of hydrogen-bond donors (Lipinski definition) is 0. The predicted octanol–water partition coefficient (Wildman–Crippen LogP) is 3.51. The van der Waals surface area contributed by atoms with Crippen LogP contribution in [0.3, 0.4) is 0 Å². The summed E-state index contributed by atoms with van der Waals surface area (Å²) in [7, 11) is 0. The Labute approximate surface area is 86.9 Å². The van der Waals surface area contributed by atoms with Crippen LogP contribution in [-0.4, -0.2) is 6.29 Å². The van der Waals surface area contributed by atoms with Crippen molar-refractivity contribution in [1.82, 2.24) is 0 Å². The minimum atomic E-state index is 0.236. The summed E-state index contributed by atoms with van der Waals surface area (Å²) in [6, 6.07) is 0. The molecule has 0 radical (unpaired) electrons. The SMILES string of the molecule is C=C(CCC=O)C1CC=C(C)C1(C)C. The van der Waals surface area contributed by atoms with E-state index in [4.69, 9.17) is 0 Å². The fraction of sp³-hybridized carbons (Fsp3) is 0.615. The first-order valence-corrected chi connectivity index (χ1v) is 5.28. The predicted molar refractivity (Wildman–Crippen MR) is 60.1 cm³/mol. The maximum Gasteiger partial charge on any atom is 0.120 e. The quantitative estimate of drug-likeness (QED) is 0.492. The van der Waals surface area contributed by atoms with Crippen LogP contribution in [0.5, 0.6) is 0 Å². The third kappa shape index (κ3) is 1.97. The van der Waals surface area contributed by atoms with Crippen LogP contribution in [0.2, 0.25) is 0 Å². The van der Waals surface area contributed by atoms with Crippen molar-refractivity contribution in [2.24, 2.45) is 11.3 Å². The van der Waals surface area contributed by atoms with Gasteiger partial charge in [0.25, 0.3) is 0 Å². The number of carbonyl (C=O) groups is 1. The van der Waals surface area contributed by atoms with E-state index in [2.05, 4.69) is 33.4 Å². The highest BCUT2D eigenvalue weighted by Gasteiger charge is 2.35. The van der Waals surface area contributed by atoms with Gasteiger partial charge in [-0.2, -0.15) is 0 Å². The first kappa shape index (κ1) is 11.2. The molecular weight excluding hydrogens is 172 g/mol. The molecule has 0 heterocycles. The van der Waals surface area contributed by atoms with Crippen molar-refractivity contribution in [1.29, 1.82) is 0 Å². The van der Waals surface area contributed by atoms with E-state index in [1.54, 1.807) is 0 Å². The van der Waals surface area contributed by atoms with E-state index in [1.165, 1.54) is 11.1 Å². The lowest BCUT2D eigenvalue weighted by Gasteiger charge is -2.31. The summed E-state index contributed by atoms with van der Waals surface area (Å²) < 4.78 is 0. The Morgan fingerprint density at radius 2 is 2.36 bits per heavy atom. The number of aldehydes is 1. The highest BCUT2D eigenvalue weighted by atomic mass is 16.1. The van der Waals surface area contributed by atoms with E-state index in [0.717, 1.165) is 19.1 Å². The van der Waals surface area contributed by atoms with Gasteiger partial charge in [0.05, 0.1) is 0 Å². The second-order valence-electron chi connectivity index (χ2n) is 4.76. The summed E-state index contributed by atoms with van der Waals surface area (Å²) in [6.07, 6.45) is 5.84. The lowest BCUT2D eigenvalue weighted by molar-refractivity contribution is -0.107. The Morgan fingerprint density at radius 3 is 2.79 bits per heavy atom. The Bertz CT molecular complexity index is 271. The molecule has 1 heteroatoms. The number of rotatable bonds is 4. The molecule has 0 aromatic carbocycles. The van der Waals surface area contributed by atoms with Gasteiger partial charge in [-0.3, -0.25) is 0 Å². The maximum absolute atomic E-state index is 10.3. The molecule has 0 saturated heterocycles. The summed E-state index contributed by atoms with van der Waals surface area (Å²) in [6.45, 7) is 10.8. The fourth-order valence-electron chi connectivity index (χ4n) is 2.22. The van der Waals surface area contributed by atoms with Gasteiger partial charge >= 0.3 is 0 Å². The third-order valence-corrected chi connectivity index (χ3v) is 3.62. The molecule has 0 amide bonds. The highest BCUT2D eigenvalue weighted by Crippen LogP contribution is 2.46. The highest BCUT2D eigenvalue weighted by molar-refractivity contribution is 5.50. The van der Waals surface area contributed by atoms with Crippen molar-refractivity contribution in [2.45, 2.75) is 40.0 Å². The number of carbonyl (C=O) groups excluding carboxylic acids is 1. The molecule has 1 aliphatic carbocycles. The van der Waals surface area contributed by atoms with Gasteiger partial charge in [-0.05, 0) is 31.1 Å². The molecule has 1 atom stereocenters. The van der Waals surface area contributed by atoms with E-state index in [-0.39, 0.29) is 5.41 Å². The molecule has 1 nitrogen and oxygen atoms in total. The summed E-state index contributed by atoms with van der Waals surface area (Å²) in [5.74, 6) is 0.530. The molecular formula is C13H20O. The van der Waals surface area contributed by atoms with Crippen molar-refractivity contribution in [3.05, 3.63) is 23.8 Å². The summed E-state index contributed by atoms with van der Waals surface area (Å²) >= 11 is 0. The normalized spacial score (nSPS) is 24.5. The first-order valence-electron chi connectivity index (χ1n) is 5.28. The van der Waals surface area contributed by atoms with Crippen molar-refractivity contribution in [2.75, 3.05) is 0 Å². The van der Waals surface area contributed by atoms with Crippen LogP contribution in [0.15, 0.2) is 23.8 Å². The number of hydrogen-bond acceptors (Lipinski definition) is 1. The van der Waals surface area contributed by atoms with E-state index >= 15 is 0 Å². The Kier molecular flexibility index (Phi) is 3.30. The van der Waals surface area contributed by atoms with Crippen molar-refractivity contribution in [3.8, 4) is 0 Å². The van der Waals surface area contributed by atoms with Crippen LogP contribution >= 0.6 is 0 Å². The van der Waals surface area contributed by atoms with Gasteiger partial charge in [0.2, 0.25) is 0 Å². The Hall–Kier alpha value is -0.850. The van der Waals surface area contributed by atoms with E-state index in [9.17, 15) is 4.79 Å². The first-order chi connectivity index (χ1) is 6.50. The monoisotopic (exact) mass is 192 g/mol. The molecule has 1 unspecified atom stereocenters. The Balaban J connectivity index is 2.64. The molecule has 0 saturated carbocycles. The molecule has 14 heavy (non-hydrogen) atoms. The lowest BCUT2D eigenvalue weighted by Crippen LogP contribution is -2.21. The summed E-state index contributed by atoms with van der Waals surface area (Å²) in [4.78, 5) is 10.3. The van der Waals surface area contributed by atoms with E-state index in [1.807, 2.05) is 0 Å². The van der Waals surface area contributed by atoms with Gasteiger partial charge < -0.3 is 4.79 Å². The van der Waals surface area contributed by atoms with Crippen molar-refractivity contribution < 1.29 is 4.79 Å². The molecule has 0 aromatic heterocycles. The zero-order chi connectivity index (χ0) is 10.8. The standard InChI is InChI=1S/C13H20O/c1-10(6-5-9-14)12-8-7-11(2)13(12,3)4/h7,9,12H,1,5-6,8H2,2-4H3. The minimum absolute atomic E-state index is 0.236. The fourth-order valence-corrected chi connectivity index (χ4v) is 2.22. The zero-order valence-corrected chi connectivity index (χ0v) is 9.47. The second-order valence-corrected chi connectivity index (χ2v) is 4.76. The molecule has 0 spiro atoms. The van der Waals surface area contributed by atoms with E-state index in [0.29, 0.717) is 12.3 Å².